The SMILES string of the molecule is CCNC(=O)c1cccc(NC(=O)CN2CCC[C@@H]2c2cccn2C)c1. The van der Waals surface area contributed by atoms with E-state index in [2.05, 4.69) is 26.2 Å². The van der Waals surface area contributed by atoms with Gasteiger partial charge in [-0.2, -0.15) is 0 Å². The van der Waals surface area contributed by atoms with Crippen molar-refractivity contribution in [2.24, 2.45) is 7.05 Å². The molecule has 2 amide bonds. The number of benzene rings is 1. The van der Waals surface area contributed by atoms with E-state index < -0.39 is 0 Å². The van der Waals surface area contributed by atoms with Crippen molar-refractivity contribution in [2.45, 2.75) is 25.8 Å². The Morgan fingerprint density at radius 3 is 2.81 bits per heavy atom. The quantitative estimate of drug-likeness (QED) is 0.838. The lowest BCUT2D eigenvalue weighted by Gasteiger charge is -2.24. The van der Waals surface area contributed by atoms with Crippen LogP contribution in [0.4, 0.5) is 5.69 Å². The van der Waals surface area contributed by atoms with Gasteiger partial charge in [-0.05, 0) is 56.6 Å². The largest absolute Gasteiger partial charge is 0.353 e. The highest BCUT2D eigenvalue weighted by atomic mass is 16.2. The predicted molar refractivity (Wildman–Crippen MR) is 102 cm³/mol. The summed E-state index contributed by atoms with van der Waals surface area (Å²) in [5.74, 6) is -0.189. The maximum absolute atomic E-state index is 12.5. The Labute approximate surface area is 154 Å². The number of nitrogens with one attached hydrogen (secondary N) is 2. The molecule has 1 aromatic carbocycles. The Morgan fingerprint density at radius 1 is 1.23 bits per heavy atom. The number of hydrogen-bond donors (Lipinski definition) is 2. The number of carbonyl (C=O) groups excluding carboxylic acids is 2. The van der Waals surface area contributed by atoms with Gasteiger partial charge in [-0.3, -0.25) is 14.5 Å². The second-order valence-corrected chi connectivity index (χ2v) is 6.66. The van der Waals surface area contributed by atoms with E-state index in [9.17, 15) is 9.59 Å². The molecule has 0 aliphatic carbocycles. The van der Waals surface area contributed by atoms with Crippen LogP contribution in [0.5, 0.6) is 0 Å². The fourth-order valence-electron chi connectivity index (χ4n) is 3.56. The van der Waals surface area contributed by atoms with Crippen LogP contribution in [-0.2, 0) is 11.8 Å². The van der Waals surface area contributed by atoms with Gasteiger partial charge in [0, 0.05) is 36.7 Å². The molecule has 1 saturated heterocycles. The number of anilines is 1. The van der Waals surface area contributed by atoms with Gasteiger partial charge in [0.1, 0.15) is 0 Å². The summed E-state index contributed by atoms with van der Waals surface area (Å²) < 4.78 is 2.12. The number of rotatable bonds is 6. The number of likely N-dealkylation sites (tertiary alicyclic amines) is 1. The fraction of sp³-hybridized carbons (Fsp3) is 0.400. The molecule has 1 aliphatic heterocycles. The van der Waals surface area contributed by atoms with Crippen LogP contribution < -0.4 is 10.6 Å². The summed E-state index contributed by atoms with van der Waals surface area (Å²) >= 11 is 0. The Morgan fingerprint density at radius 2 is 2.08 bits per heavy atom. The van der Waals surface area contributed by atoms with Gasteiger partial charge in [0.25, 0.3) is 5.91 Å². The van der Waals surface area contributed by atoms with Crippen LogP contribution in [-0.4, -0.2) is 40.9 Å². The number of amides is 2. The lowest BCUT2D eigenvalue weighted by molar-refractivity contribution is -0.117. The fourth-order valence-corrected chi connectivity index (χ4v) is 3.56. The van der Waals surface area contributed by atoms with Crippen LogP contribution >= 0.6 is 0 Å². The van der Waals surface area contributed by atoms with Crippen LogP contribution in [0.1, 0.15) is 41.9 Å². The molecular weight excluding hydrogens is 328 g/mol. The summed E-state index contributed by atoms with van der Waals surface area (Å²) in [7, 11) is 2.04. The second-order valence-electron chi connectivity index (χ2n) is 6.66. The van der Waals surface area contributed by atoms with Gasteiger partial charge in [0.2, 0.25) is 5.91 Å². The number of aromatic nitrogens is 1. The summed E-state index contributed by atoms with van der Waals surface area (Å²) in [6, 6.07) is 11.5. The zero-order chi connectivity index (χ0) is 18.5. The molecule has 1 aliphatic rings. The molecule has 1 aromatic heterocycles. The minimum absolute atomic E-state index is 0.0563. The molecule has 0 bridgehead atoms. The van der Waals surface area contributed by atoms with Crippen molar-refractivity contribution in [3.05, 3.63) is 53.9 Å². The molecule has 2 aromatic rings. The van der Waals surface area contributed by atoms with Crippen LogP contribution in [0.25, 0.3) is 0 Å². The highest BCUT2D eigenvalue weighted by molar-refractivity contribution is 5.97. The van der Waals surface area contributed by atoms with E-state index in [1.165, 1.54) is 5.69 Å². The van der Waals surface area contributed by atoms with E-state index in [1.54, 1.807) is 24.3 Å². The first kappa shape index (κ1) is 18.2. The van der Waals surface area contributed by atoms with Crippen LogP contribution in [0.3, 0.4) is 0 Å². The van der Waals surface area contributed by atoms with E-state index in [0.717, 1.165) is 19.4 Å². The Bertz CT molecular complexity index is 784. The van der Waals surface area contributed by atoms with Crippen molar-refractivity contribution < 1.29 is 9.59 Å². The van der Waals surface area contributed by atoms with Crippen LogP contribution in [0.15, 0.2) is 42.6 Å². The molecule has 3 rings (SSSR count). The van der Waals surface area contributed by atoms with Crippen molar-refractivity contribution in [1.82, 2.24) is 14.8 Å². The molecule has 6 heteroatoms. The van der Waals surface area contributed by atoms with Crippen molar-refractivity contribution in [3.8, 4) is 0 Å². The molecule has 6 nitrogen and oxygen atoms in total. The first-order valence-corrected chi connectivity index (χ1v) is 9.12. The van der Waals surface area contributed by atoms with Crippen molar-refractivity contribution in [1.29, 1.82) is 0 Å². The average molecular weight is 354 g/mol. The zero-order valence-electron chi connectivity index (χ0n) is 15.4. The molecule has 0 saturated carbocycles. The predicted octanol–water partition coefficient (Wildman–Crippen LogP) is 2.55. The third-order valence-electron chi connectivity index (χ3n) is 4.78. The third-order valence-corrected chi connectivity index (χ3v) is 4.78. The molecule has 2 heterocycles. The maximum Gasteiger partial charge on any atom is 0.251 e. The van der Waals surface area contributed by atoms with Gasteiger partial charge >= 0.3 is 0 Å². The minimum atomic E-state index is -0.132. The van der Waals surface area contributed by atoms with Gasteiger partial charge in [-0.1, -0.05) is 6.07 Å². The summed E-state index contributed by atoms with van der Waals surface area (Å²) in [6.45, 7) is 3.72. The van der Waals surface area contributed by atoms with Gasteiger partial charge in [0.15, 0.2) is 0 Å². The molecule has 138 valence electrons. The minimum Gasteiger partial charge on any atom is -0.353 e. The number of hydrogen-bond acceptors (Lipinski definition) is 3. The molecule has 1 fully saturated rings. The van der Waals surface area contributed by atoms with E-state index in [0.29, 0.717) is 24.3 Å². The molecule has 0 spiro atoms. The highest BCUT2D eigenvalue weighted by Crippen LogP contribution is 2.31. The molecule has 26 heavy (non-hydrogen) atoms. The topological polar surface area (TPSA) is 66.4 Å². The van der Waals surface area contributed by atoms with Gasteiger partial charge in [0.05, 0.1) is 12.6 Å². The normalized spacial score (nSPS) is 17.2. The number of aryl methyl sites for hydroxylation is 1. The van der Waals surface area contributed by atoms with E-state index in [4.69, 9.17) is 0 Å². The summed E-state index contributed by atoms with van der Waals surface area (Å²) in [5.41, 5.74) is 2.44. The number of carbonyl (C=O) groups is 2. The summed E-state index contributed by atoms with van der Waals surface area (Å²) in [4.78, 5) is 26.7. The third kappa shape index (κ3) is 4.14. The maximum atomic E-state index is 12.5. The Hall–Kier alpha value is -2.60. The van der Waals surface area contributed by atoms with Crippen molar-refractivity contribution in [3.63, 3.8) is 0 Å². The van der Waals surface area contributed by atoms with Gasteiger partial charge in [-0.15, -0.1) is 0 Å². The van der Waals surface area contributed by atoms with Crippen molar-refractivity contribution >= 4 is 17.5 Å². The number of nitrogens with zero attached hydrogens (tertiary/aromatic N) is 2. The molecule has 2 N–H and O–H groups in total. The van der Waals surface area contributed by atoms with Crippen LogP contribution in [0, 0.1) is 0 Å². The van der Waals surface area contributed by atoms with Gasteiger partial charge in [-0.25, -0.2) is 0 Å². The van der Waals surface area contributed by atoms with Crippen molar-refractivity contribution in [2.75, 3.05) is 25.0 Å². The Kier molecular flexibility index (Phi) is 5.73. The zero-order valence-corrected chi connectivity index (χ0v) is 15.4. The standard InChI is InChI=1S/C20H26N4O2/c1-3-21-20(26)15-7-4-8-16(13-15)22-19(25)14-24-12-6-10-18(24)17-9-5-11-23(17)2/h4-5,7-9,11,13,18H,3,6,10,12,14H2,1-2H3,(H,21,26)(H,22,25)/t18-/m1/s1. The average Bonchev–Trinajstić information content (AvgIpc) is 3.23. The monoisotopic (exact) mass is 354 g/mol. The Balaban J connectivity index is 1.63. The molecule has 1 atom stereocenters. The highest BCUT2D eigenvalue weighted by Gasteiger charge is 2.28. The second kappa shape index (κ2) is 8.19. The van der Waals surface area contributed by atoms with Crippen LogP contribution in [0.2, 0.25) is 0 Å². The van der Waals surface area contributed by atoms with E-state index >= 15 is 0 Å². The van der Waals surface area contributed by atoms with Gasteiger partial charge < -0.3 is 15.2 Å². The first-order valence-electron chi connectivity index (χ1n) is 9.12. The lowest BCUT2D eigenvalue weighted by Crippen LogP contribution is -2.33. The smallest absolute Gasteiger partial charge is 0.251 e. The molecular formula is C20H26N4O2. The lowest BCUT2D eigenvalue weighted by atomic mass is 10.1. The molecule has 0 unspecified atom stereocenters. The van der Waals surface area contributed by atoms with E-state index in [1.807, 2.05) is 26.2 Å². The summed E-state index contributed by atoms with van der Waals surface area (Å²) in [6.07, 6.45) is 4.20. The van der Waals surface area contributed by atoms with E-state index in [-0.39, 0.29) is 17.9 Å². The summed E-state index contributed by atoms with van der Waals surface area (Å²) in [5, 5.41) is 5.68. The molecule has 0 radical (unpaired) electrons. The first-order chi connectivity index (χ1) is 12.6.